The lowest BCUT2D eigenvalue weighted by Gasteiger charge is -1.99. The van der Waals surface area contributed by atoms with E-state index >= 15 is 0 Å². The van der Waals surface area contributed by atoms with Crippen molar-refractivity contribution >= 4 is 11.8 Å². The van der Waals surface area contributed by atoms with Gasteiger partial charge in [0.2, 0.25) is 0 Å². The number of carbonyl (C=O) groups is 2. The Morgan fingerprint density at radius 2 is 1.69 bits per heavy atom. The maximum atomic E-state index is 10.9. The molecule has 3 nitrogen and oxygen atoms in total. The van der Waals surface area contributed by atoms with Crippen LogP contribution in [0.5, 0.6) is 0 Å². The highest BCUT2D eigenvalue weighted by atomic mass is 16.4. The molecule has 1 saturated carbocycles. The summed E-state index contributed by atoms with van der Waals surface area (Å²) in [5.74, 6) is -0.134. The molecule has 0 bridgehead atoms. The number of hydrogen-bond acceptors (Lipinski definition) is 2. The molecule has 3 heteroatoms. The van der Waals surface area contributed by atoms with Crippen molar-refractivity contribution in [1.82, 2.24) is 0 Å². The van der Waals surface area contributed by atoms with Crippen LogP contribution in [-0.4, -0.2) is 16.9 Å². The summed E-state index contributed by atoms with van der Waals surface area (Å²) < 4.78 is 0. The number of hydrogen-bond donors (Lipinski definition) is 1. The predicted molar refractivity (Wildman–Crippen MR) is 48.3 cm³/mol. The van der Waals surface area contributed by atoms with E-state index < -0.39 is 5.97 Å². The first-order chi connectivity index (χ1) is 5.85. The van der Waals surface area contributed by atoms with Crippen molar-refractivity contribution in [3.63, 3.8) is 0 Å². The van der Waals surface area contributed by atoms with Gasteiger partial charge in [0, 0.05) is 12.8 Å². The van der Waals surface area contributed by atoms with Crippen LogP contribution in [0.2, 0.25) is 0 Å². The highest BCUT2D eigenvalue weighted by Gasteiger charge is 2.57. The number of carboxylic acid groups (broad SMARTS) is 1. The van der Waals surface area contributed by atoms with Crippen LogP contribution in [0.3, 0.4) is 0 Å². The first-order valence-electron chi connectivity index (χ1n) is 4.57. The number of ketones is 1. The molecule has 0 radical (unpaired) electrons. The topological polar surface area (TPSA) is 54.4 Å². The third-order valence-corrected chi connectivity index (χ3v) is 3.19. The maximum absolute atomic E-state index is 10.9. The van der Waals surface area contributed by atoms with E-state index in [1.54, 1.807) is 6.92 Å². The molecular formula is C10H16O3. The molecular weight excluding hydrogens is 168 g/mol. The van der Waals surface area contributed by atoms with Crippen molar-refractivity contribution in [3.05, 3.63) is 0 Å². The van der Waals surface area contributed by atoms with Gasteiger partial charge in [-0.1, -0.05) is 13.8 Å². The van der Waals surface area contributed by atoms with Gasteiger partial charge < -0.3 is 9.90 Å². The van der Waals surface area contributed by atoms with Crippen LogP contribution in [0.4, 0.5) is 0 Å². The molecule has 1 aliphatic rings. The number of Topliss-reactive ketones (excluding diaryl/α,β-unsaturated/α-hetero) is 1. The van der Waals surface area contributed by atoms with Crippen LogP contribution in [-0.2, 0) is 9.59 Å². The van der Waals surface area contributed by atoms with E-state index in [1.165, 1.54) is 0 Å². The minimum Gasteiger partial charge on any atom is -0.481 e. The van der Waals surface area contributed by atoms with Crippen LogP contribution in [0.1, 0.15) is 33.6 Å². The summed E-state index contributed by atoms with van der Waals surface area (Å²) in [7, 11) is 0. The Labute approximate surface area is 78.1 Å². The molecule has 0 aliphatic heterocycles. The minimum atomic E-state index is -0.760. The first kappa shape index (κ1) is 10.2. The Bertz CT molecular complexity index is 219. The molecule has 1 fully saturated rings. The molecule has 0 aromatic carbocycles. The average molecular weight is 184 g/mol. The Hall–Kier alpha value is -0.860. The third kappa shape index (κ3) is 2.08. The van der Waals surface area contributed by atoms with Crippen molar-refractivity contribution in [2.24, 2.45) is 17.3 Å². The molecule has 1 unspecified atom stereocenters. The van der Waals surface area contributed by atoms with Gasteiger partial charge in [0.05, 0.1) is 0 Å². The highest BCUT2D eigenvalue weighted by molar-refractivity contribution is 5.76. The van der Waals surface area contributed by atoms with E-state index in [0.29, 0.717) is 6.42 Å². The largest absolute Gasteiger partial charge is 0.481 e. The van der Waals surface area contributed by atoms with Crippen molar-refractivity contribution < 1.29 is 14.7 Å². The number of rotatable bonds is 4. The summed E-state index contributed by atoms with van der Waals surface area (Å²) in [6, 6.07) is 0. The predicted octanol–water partition coefficient (Wildman–Crippen LogP) is 1.71. The monoisotopic (exact) mass is 184 g/mol. The molecule has 74 valence electrons. The van der Waals surface area contributed by atoms with Crippen LogP contribution in [0, 0.1) is 17.3 Å². The Morgan fingerprint density at radius 3 is 2.08 bits per heavy atom. The van der Waals surface area contributed by atoms with Crippen LogP contribution < -0.4 is 0 Å². The molecule has 13 heavy (non-hydrogen) atoms. The molecule has 0 spiro atoms. The molecule has 0 saturated heterocycles. The molecule has 0 aromatic heterocycles. The smallest absolute Gasteiger partial charge is 0.303 e. The Morgan fingerprint density at radius 1 is 1.23 bits per heavy atom. The van der Waals surface area contributed by atoms with Gasteiger partial charge in [0.1, 0.15) is 5.78 Å². The number of carboxylic acids is 1. The van der Waals surface area contributed by atoms with Gasteiger partial charge in [-0.05, 0) is 24.2 Å². The van der Waals surface area contributed by atoms with Crippen LogP contribution in [0.25, 0.3) is 0 Å². The molecule has 0 heterocycles. The molecule has 0 amide bonds. The van der Waals surface area contributed by atoms with Gasteiger partial charge in [-0.15, -0.1) is 0 Å². The van der Waals surface area contributed by atoms with Gasteiger partial charge >= 0.3 is 5.97 Å². The van der Waals surface area contributed by atoms with Gasteiger partial charge in [-0.25, -0.2) is 0 Å². The van der Waals surface area contributed by atoms with Crippen LogP contribution in [0.15, 0.2) is 0 Å². The first-order valence-corrected chi connectivity index (χ1v) is 4.57. The molecule has 1 rings (SSSR count). The molecule has 0 aromatic rings. The van der Waals surface area contributed by atoms with E-state index in [4.69, 9.17) is 5.11 Å². The second kappa shape index (κ2) is 3.13. The maximum Gasteiger partial charge on any atom is 0.303 e. The summed E-state index contributed by atoms with van der Waals surface area (Å²) in [6.45, 7) is 5.63. The fourth-order valence-electron chi connectivity index (χ4n) is 2.17. The fourth-order valence-corrected chi connectivity index (χ4v) is 2.17. The lowest BCUT2D eigenvalue weighted by molar-refractivity contribution is -0.137. The second-order valence-corrected chi connectivity index (χ2v) is 4.54. The van der Waals surface area contributed by atoms with E-state index in [2.05, 4.69) is 0 Å². The zero-order valence-electron chi connectivity index (χ0n) is 8.33. The number of aliphatic carboxylic acids is 1. The summed E-state index contributed by atoms with van der Waals surface area (Å²) >= 11 is 0. The van der Waals surface area contributed by atoms with E-state index in [0.717, 1.165) is 0 Å². The Kier molecular flexibility index (Phi) is 2.46. The highest BCUT2D eigenvalue weighted by Crippen LogP contribution is 2.61. The van der Waals surface area contributed by atoms with Gasteiger partial charge in [-0.3, -0.25) is 4.79 Å². The second-order valence-electron chi connectivity index (χ2n) is 4.54. The zero-order valence-corrected chi connectivity index (χ0v) is 8.33. The van der Waals surface area contributed by atoms with Crippen LogP contribution >= 0.6 is 0 Å². The van der Waals surface area contributed by atoms with E-state index in [1.807, 2.05) is 13.8 Å². The standard InChI is InChI=1S/C10H16O3/c1-6(11)4-7-8(5-9(12)13)10(7,2)3/h7-8H,4-5H2,1-3H3,(H,12,13)/t7-,8?/m0/s1. The van der Waals surface area contributed by atoms with Crippen molar-refractivity contribution in [3.8, 4) is 0 Å². The van der Waals surface area contributed by atoms with Crippen molar-refractivity contribution in [1.29, 1.82) is 0 Å². The summed E-state index contributed by atoms with van der Waals surface area (Å²) in [5, 5.41) is 8.62. The lowest BCUT2D eigenvalue weighted by Crippen LogP contribution is -1.99. The van der Waals surface area contributed by atoms with Gasteiger partial charge in [0.15, 0.2) is 0 Å². The van der Waals surface area contributed by atoms with Gasteiger partial charge in [0.25, 0.3) is 0 Å². The molecule has 1 aliphatic carbocycles. The van der Waals surface area contributed by atoms with Crippen molar-refractivity contribution in [2.45, 2.75) is 33.6 Å². The summed E-state index contributed by atoms with van der Waals surface area (Å²) in [4.78, 5) is 21.3. The third-order valence-electron chi connectivity index (χ3n) is 3.19. The summed E-state index contributed by atoms with van der Waals surface area (Å²) in [6.07, 6.45) is 0.732. The normalized spacial score (nSPS) is 29.8. The van der Waals surface area contributed by atoms with Crippen molar-refractivity contribution in [2.75, 3.05) is 0 Å². The lowest BCUT2D eigenvalue weighted by atomic mass is 10.1. The minimum absolute atomic E-state index is 0.0457. The number of carbonyl (C=O) groups excluding carboxylic acids is 1. The van der Waals surface area contributed by atoms with E-state index in [-0.39, 0.29) is 29.5 Å². The Balaban J connectivity index is 2.50. The SMILES string of the molecule is CC(=O)C[C@H]1C(CC(=O)O)C1(C)C. The average Bonchev–Trinajstić information content (AvgIpc) is 2.36. The molecule has 2 atom stereocenters. The quantitative estimate of drug-likeness (QED) is 0.723. The fraction of sp³-hybridized carbons (Fsp3) is 0.800. The zero-order chi connectivity index (χ0) is 10.2. The van der Waals surface area contributed by atoms with Gasteiger partial charge in [-0.2, -0.15) is 0 Å². The van der Waals surface area contributed by atoms with E-state index in [9.17, 15) is 9.59 Å². The summed E-state index contributed by atoms with van der Waals surface area (Å²) in [5.41, 5.74) is 0.0457. The molecule has 1 N–H and O–H groups in total.